The van der Waals surface area contributed by atoms with Gasteiger partial charge in [-0.3, -0.25) is 9.89 Å². The fraction of sp³-hybridized carbons (Fsp3) is 0.571. The molecule has 2 aromatic rings. The Hall–Kier alpha value is -1.66. The molecule has 0 bridgehead atoms. The highest BCUT2D eigenvalue weighted by Crippen LogP contribution is 2.40. The maximum Gasteiger partial charge on any atom is 0.159 e. The van der Waals surface area contributed by atoms with Gasteiger partial charge in [-0.1, -0.05) is 11.8 Å². The van der Waals surface area contributed by atoms with Crippen molar-refractivity contribution in [3.8, 4) is 5.75 Å². The van der Waals surface area contributed by atoms with Crippen molar-refractivity contribution >= 4 is 27.8 Å². The van der Waals surface area contributed by atoms with Crippen LogP contribution in [0.2, 0.25) is 0 Å². The summed E-state index contributed by atoms with van der Waals surface area (Å²) in [4.78, 5) is 13.5. The molecule has 2 aliphatic heterocycles. The van der Waals surface area contributed by atoms with Crippen LogP contribution in [0.25, 0.3) is 10.9 Å². The Morgan fingerprint density at radius 1 is 1.30 bits per heavy atom. The molecule has 1 aromatic carbocycles. The summed E-state index contributed by atoms with van der Waals surface area (Å²) < 4.78 is 5.42. The maximum absolute atomic E-state index is 5.42. The van der Waals surface area contributed by atoms with Gasteiger partial charge in [-0.15, -0.1) is 0 Å². The molecule has 0 amide bonds. The van der Waals surface area contributed by atoms with E-state index < -0.39 is 0 Å². The van der Waals surface area contributed by atoms with E-state index in [1.165, 1.54) is 46.6 Å². The SMILES string of the molecule is COc1ccc2[nH]c3c(c2c1)CCN(C1CCC2SC(N(C)C)=NC2C1)C3. The molecular weight excluding hydrogens is 356 g/mol. The first kappa shape index (κ1) is 17.4. The fourth-order valence-electron chi connectivity index (χ4n) is 4.91. The second-order valence-corrected chi connectivity index (χ2v) is 9.42. The van der Waals surface area contributed by atoms with E-state index in [9.17, 15) is 0 Å². The monoisotopic (exact) mass is 384 g/mol. The van der Waals surface area contributed by atoms with Crippen LogP contribution in [-0.4, -0.2) is 65.0 Å². The highest BCUT2D eigenvalue weighted by Gasteiger charge is 2.39. The number of nitrogens with zero attached hydrogens (tertiary/aromatic N) is 3. The average molecular weight is 385 g/mol. The molecular formula is C21H28N4OS. The summed E-state index contributed by atoms with van der Waals surface area (Å²) in [6.45, 7) is 2.18. The molecule has 3 unspecified atom stereocenters. The number of nitrogens with one attached hydrogen (secondary N) is 1. The quantitative estimate of drug-likeness (QED) is 0.861. The zero-order valence-electron chi connectivity index (χ0n) is 16.4. The normalized spacial score (nSPS) is 28.0. The Morgan fingerprint density at radius 2 is 2.19 bits per heavy atom. The van der Waals surface area contributed by atoms with Crippen LogP contribution in [-0.2, 0) is 13.0 Å². The third kappa shape index (κ3) is 3.03. The number of H-pyrrole nitrogens is 1. The van der Waals surface area contributed by atoms with Crippen LogP contribution >= 0.6 is 11.8 Å². The summed E-state index contributed by atoms with van der Waals surface area (Å²) in [5.41, 5.74) is 4.11. The van der Waals surface area contributed by atoms with Crippen molar-refractivity contribution in [1.82, 2.24) is 14.8 Å². The third-order valence-corrected chi connectivity index (χ3v) is 7.91. The number of hydrogen-bond donors (Lipinski definition) is 1. The van der Waals surface area contributed by atoms with Gasteiger partial charge in [-0.2, -0.15) is 0 Å². The first-order valence-corrected chi connectivity index (χ1v) is 10.8. The highest BCUT2D eigenvalue weighted by atomic mass is 32.2. The predicted molar refractivity (Wildman–Crippen MR) is 113 cm³/mol. The molecule has 5 rings (SSSR count). The highest BCUT2D eigenvalue weighted by molar-refractivity contribution is 8.14. The van der Waals surface area contributed by atoms with E-state index in [0.717, 1.165) is 25.3 Å². The molecule has 3 aliphatic rings. The zero-order valence-corrected chi connectivity index (χ0v) is 17.2. The van der Waals surface area contributed by atoms with E-state index in [4.69, 9.17) is 9.73 Å². The van der Waals surface area contributed by atoms with Crippen molar-refractivity contribution in [2.45, 2.75) is 49.6 Å². The minimum absolute atomic E-state index is 0.500. The minimum Gasteiger partial charge on any atom is -0.497 e. The first-order chi connectivity index (χ1) is 13.1. The van der Waals surface area contributed by atoms with Gasteiger partial charge in [-0.25, -0.2) is 0 Å². The first-order valence-electron chi connectivity index (χ1n) is 9.95. The van der Waals surface area contributed by atoms with Crippen LogP contribution in [0.5, 0.6) is 5.75 Å². The van der Waals surface area contributed by atoms with Crippen LogP contribution in [0.3, 0.4) is 0 Å². The maximum atomic E-state index is 5.42. The summed E-state index contributed by atoms with van der Waals surface area (Å²) in [5.74, 6) is 0.943. The molecule has 0 saturated heterocycles. The Labute approximate surface area is 165 Å². The molecule has 1 aliphatic carbocycles. The second kappa shape index (κ2) is 6.74. The Morgan fingerprint density at radius 3 is 3.00 bits per heavy atom. The molecule has 3 heterocycles. The van der Waals surface area contributed by atoms with Gasteiger partial charge >= 0.3 is 0 Å². The minimum atomic E-state index is 0.500. The Balaban J connectivity index is 1.34. The number of aliphatic imine (C=N–C) groups is 1. The van der Waals surface area contributed by atoms with Crippen LogP contribution < -0.4 is 4.74 Å². The van der Waals surface area contributed by atoms with Gasteiger partial charge in [0.15, 0.2) is 5.17 Å². The summed E-state index contributed by atoms with van der Waals surface area (Å²) in [6, 6.07) is 7.53. The number of hydrogen-bond acceptors (Lipinski definition) is 5. The summed E-state index contributed by atoms with van der Waals surface area (Å²) in [7, 11) is 5.96. The van der Waals surface area contributed by atoms with Crippen LogP contribution in [0, 0.1) is 0 Å². The number of fused-ring (bicyclic) bond motifs is 4. The summed E-state index contributed by atoms with van der Waals surface area (Å²) in [6.07, 6.45) is 4.91. The smallest absolute Gasteiger partial charge is 0.159 e. The number of benzene rings is 1. The Kier molecular flexibility index (Phi) is 4.36. The van der Waals surface area contributed by atoms with Gasteiger partial charge in [0.1, 0.15) is 5.75 Å². The van der Waals surface area contributed by atoms with E-state index >= 15 is 0 Å². The molecule has 0 spiro atoms. The van der Waals surface area contributed by atoms with Crippen LogP contribution in [0.1, 0.15) is 30.5 Å². The molecule has 0 radical (unpaired) electrons. The molecule has 1 saturated carbocycles. The average Bonchev–Trinajstić information content (AvgIpc) is 3.27. The van der Waals surface area contributed by atoms with E-state index in [1.54, 1.807) is 7.11 Å². The molecule has 3 atom stereocenters. The van der Waals surface area contributed by atoms with E-state index in [-0.39, 0.29) is 0 Å². The topological polar surface area (TPSA) is 43.9 Å². The van der Waals surface area contributed by atoms with E-state index in [1.807, 2.05) is 17.8 Å². The number of rotatable bonds is 2. The molecule has 1 aromatic heterocycles. The van der Waals surface area contributed by atoms with Crippen LogP contribution in [0.15, 0.2) is 23.2 Å². The Bertz CT molecular complexity index is 890. The van der Waals surface area contributed by atoms with Gasteiger partial charge < -0.3 is 14.6 Å². The second-order valence-electron chi connectivity index (χ2n) is 8.21. The van der Waals surface area contributed by atoms with Gasteiger partial charge in [0.25, 0.3) is 0 Å². The number of ether oxygens (including phenoxy) is 1. The van der Waals surface area contributed by atoms with Crippen LogP contribution in [0.4, 0.5) is 0 Å². The third-order valence-electron chi connectivity index (χ3n) is 6.37. The van der Waals surface area contributed by atoms with Gasteiger partial charge in [0.05, 0.1) is 13.2 Å². The number of methoxy groups -OCH3 is 1. The zero-order chi connectivity index (χ0) is 18.5. The number of aromatic nitrogens is 1. The van der Waals surface area contributed by atoms with Crippen molar-refractivity contribution in [2.24, 2.45) is 4.99 Å². The van der Waals surface area contributed by atoms with Gasteiger partial charge in [0, 0.05) is 55.1 Å². The molecule has 1 N–H and O–H groups in total. The van der Waals surface area contributed by atoms with E-state index in [0.29, 0.717) is 17.3 Å². The summed E-state index contributed by atoms with van der Waals surface area (Å²) in [5, 5.41) is 3.25. The molecule has 5 nitrogen and oxygen atoms in total. The lowest BCUT2D eigenvalue weighted by molar-refractivity contribution is 0.135. The lowest BCUT2D eigenvalue weighted by Gasteiger charge is -2.39. The lowest BCUT2D eigenvalue weighted by Crippen LogP contribution is -2.44. The van der Waals surface area contributed by atoms with Crippen molar-refractivity contribution < 1.29 is 4.74 Å². The molecule has 144 valence electrons. The number of thioether (sulfide) groups is 1. The largest absolute Gasteiger partial charge is 0.497 e. The van der Waals surface area contributed by atoms with Gasteiger partial charge in [0.2, 0.25) is 0 Å². The molecule has 1 fully saturated rings. The standard InChI is InChI=1S/C21H28N4OS/c1-24(2)21-23-18-10-13(4-7-20(18)27-21)25-9-8-15-16-11-14(26-3)5-6-17(16)22-19(15)12-25/h5-6,11,13,18,20,22H,4,7-10,12H2,1-3H3. The van der Waals surface area contributed by atoms with E-state index in [2.05, 4.69) is 41.0 Å². The fourth-order valence-corrected chi connectivity index (χ4v) is 6.17. The van der Waals surface area contributed by atoms with Crippen molar-refractivity contribution in [1.29, 1.82) is 0 Å². The van der Waals surface area contributed by atoms with Crippen molar-refractivity contribution in [3.63, 3.8) is 0 Å². The molecule has 27 heavy (non-hydrogen) atoms. The lowest BCUT2D eigenvalue weighted by atomic mass is 9.88. The molecule has 6 heteroatoms. The van der Waals surface area contributed by atoms with Crippen molar-refractivity contribution in [2.75, 3.05) is 27.7 Å². The predicted octanol–water partition coefficient (Wildman–Crippen LogP) is 3.49. The number of aromatic amines is 1. The van der Waals surface area contributed by atoms with Gasteiger partial charge in [-0.05, 0) is 49.4 Å². The van der Waals surface area contributed by atoms with Crippen molar-refractivity contribution in [3.05, 3.63) is 29.5 Å². The number of amidine groups is 1. The summed E-state index contributed by atoms with van der Waals surface area (Å²) >= 11 is 1.99.